The second-order valence-electron chi connectivity index (χ2n) is 4.66. The van der Waals surface area contributed by atoms with Gasteiger partial charge in [0.05, 0.1) is 0 Å². The van der Waals surface area contributed by atoms with Crippen LogP contribution in [0.4, 0.5) is 8.78 Å². The summed E-state index contributed by atoms with van der Waals surface area (Å²) in [6, 6.07) is 13.0. The van der Waals surface area contributed by atoms with Gasteiger partial charge >= 0.3 is 17.2 Å². The fraction of sp³-hybridized carbons (Fsp3) is 0.200. The molecule has 0 fully saturated rings. The number of benzene rings is 2. The van der Waals surface area contributed by atoms with E-state index in [0.717, 1.165) is 10.8 Å². The molecule has 10 heteroatoms. The van der Waals surface area contributed by atoms with Gasteiger partial charge in [-0.2, -0.15) is 8.78 Å². The van der Waals surface area contributed by atoms with E-state index in [1.54, 1.807) is 6.07 Å². The fourth-order valence-corrected chi connectivity index (χ4v) is 2.08. The number of ether oxygens (including phenoxy) is 2. The molecule has 0 aromatic heterocycles. The molecule has 0 radical (unpaired) electrons. The second kappa shape index (κ2) is 8.72. The molecule has 0 aliphatic carbocycles. The molecule has 2 rings (SSSR count). The number of esters is 2. The van der Waals surface area contributed by atoms with Crippen LogP contribution in [0.5, 0.6) is 0 Å². The summed E-state index contributed by atoms with van der Waals surface area (Å²) in [4.78, 5) is 22.6. The third kappa shape index (κ3) is 5.64. The van der Waals surface area contributed by atoms with E-state index < -0.39 is 35.8 Å². The van der Waals surface area contributed by atoms with Crippen molar-refractivity contribution in [2.45, 2.75) is 11.9 Å². The number of halogens is 2. The molecule has 0 aliphatic heterocycles. The summed E-state index contributed by atoms with van der Waals surface area (Å²) in [7, 11) is 0. The van der Waals surface area contributed by atoms with Gasteiger partial charge in [-0.15, -0.1) is 4.33 Å². The Morgan fingerprint density at radius 1 is 1.08 bits per heavy atom. The molecule has 0 saturated heterocycles. The molecule has 0 aliphatic rings. The van der Waals surface area contributed by atoms with Gasteiger partial charge < -0.3 is 9.47 Å². The van der Waals surface area contributed by atoms with Gasteiger partial charge in [0.15, 0.2) is 6.61 Å². The Balaban J connectivity index is 1.80. The van der Waals surface area contributed by atoms with Gasteiger partial charge in [-0.25, -0.2) is 14.8 Å². The highest BCUT2D eigenvalue weighted by molar-refractivity contribution is 7.96. The minimum Gasteiger partial charge on any atom is -0.458 e. The minimum absolute atomic E-state index is 0.103. The van der Waals surface area contributed by atoms with Crippen molar-refractivity contribution in [2.75, 3.05) is 6.61 Å². The number of rotatable bonds is 8. The van der Waals surface area contributed by atoms with E-state index in [0.29, 0.717) is 5.56 Å². The summed E-state index contributed by atoms with van der Waals surface area (Å²) in [5.41, 5.74) is 0.688. The predicted molar refractivity (Wildman–Crippen MR) is 82.0 cm³/mol. The van der Waals surface area contributed by atoms with E-state index in [4.69, 9.17) is 9.99 Å². The lowest BCUT2D eigenvalue weighted by Gasteiger charge is -2.12. The lowest BCUT2D eigenvalue weighted by Crippen LogP contribution is -2.29. The van der Waals surface area contributed by atoms with Crippen LogP contribution in [0.3, 0.4) is 0 Å². The van der Waals surface area contributed by atoms with Gasteiger partial charge in [-0.1, -0.05) is 41.4 Å². The van der Waals surface area contributed by atoms with E-state index in [-0.39, 0.29) is 6.61 Å². The molecule has 0 heterocycles. The van der Waals surface area contributed by atoms with Crippen LogP contribution in [0.2, 0.25) is 0 Å². The Hall–Kier alpha value is -2.27. The van der Waals surface area contributed by atoms with Gasteiger partial charge in [0.1, 0.15) is 18.6 Å². The maximum absolute atomic E-state index is 13.1. The van der Waals surface area contributed by atoms with Crippen molar-refractivity contribution in [3.05, 3.63) is 48.0 Å². The highest BCUT2D eigenvalue weighted by Gasteiger charge is 2.44. The fourth-order valence-electron chi connectivity index (χ4n) is 1.83. The summed E-state index contributed by atoms with van der Waals surface area (Å²) in [5, 5.41) is 8.52. The van der Waals surface area contributed by atoms with E-state index in [2.05, 4.69) is 14.1 Å². The Labute approximate surface area is 144 Å². The summed E-state index contributed by atoms with van der Waals surface area (Å²) >= 11 is -0.782. The first kappa shape index (κ1) is 19.1. The highest BCUT2D eigenvalue weighted by Crippen LogP contribution is 2.31. The summed E-state index contributed by atoms with van der Waals surface area (Å²) in [6.07, 6.45) is 0. The van der Waals surface area contributed by atoms with Gasteiger partial charge in [0, 0.05) is 0 Å². The van der Waals surface area contributed by atoms with Crippen molar-refractivity contribution in [2.24, 2.45) is 0 Å². The lowest BCUT2D eigenvalue weighted by molar-refractivity contribution is -0.433. The molecular weight excluding hydrogens is 362 g/mol. The molecule has 7 nitrogen and oxygen atoms in total. The molecule has 1 N–H and O–H groups in total. The molecule has 0 amide bonds. The Morgan fingerprint density at radius 3 is 2.52 bits per heavy atom. The smallest absolute Gasteiger partial charge is 0.415 e. The maximum Gasteiger partial charge on any atom is 0.415 e. The Bertz CT molecular complexity index is 753. The first-order chi connectivity index (χ1) is 11.9. The molecule has 0 atom stereocenters. The van der Waals surface area contributed by atoms with Crippen molar-refractivity contribution in [1.82, 2.24) is 0 Å². The third-order valence-corrected chi connectivity index (χ3v) is 3.45. The maximum atomic E-state index is 13.1. The molecule has 0 saturated carbocycles. The van der Waals surface area contributed by atoms with Crippen molar-refractivity contribution in [1.29, 1.82) is 0 Å². The highest BCUT2D eigenvalue weighted by atomic mass is 32.2. The lowest BCUT2D eigenvalue weighted by atomic mass is 10.1. The van der Waals surface area contributed by atoms with Crippen LogP contribution in [-0.2, 0) is 35.0 Å². The second-order valence-corrected chi connectivity index (χ2v) is 5.48. The van der Waals surface area contributed by atoms with E-state index >= 15 is 0 Å². The van der Waals surface area contributed by atoms with Crippen LogP contribution in [-0.4, -0.2) is 29.1 Å². The van der Waals surface area contributed by atoms with Crippen LogP contribution >= 0.6 is 12.0 Å². The normalized spacial score (nSPS) is 11.3. The first-order valence-corrected chi connectivity index (χ1v) is 7.51. The molecule has 0 unspecified atom stereocenters. The molecule has 134 valence electrons. The van der Waals surface area contributed by atoms with Crippen molar-refractivity contribution < 1.29 is 42.5 Å². The van der Waals surface area contributed by atoms with E-state index in [9.17, 15) is 18.4 Å². The van der Waals surface area contributed by atoms with E-state index in [1.165, 1.54) is 0 Å². The van der Waals surface area contributed by atoms with Crippen LogP contribution in [0.15, 0.2) is 42.5 Å². The summed E-state index contributed by atoms with van der Waals surface area (Å²) < 4.78 is 38.6. The number of hydrogen-bond donors (Lipinski definition) is 1. The summed E-state index contributed by atoms with van der Waals surface area (Å²) in [6.45, 7) is -1.10. The van der Waals surface area contributed by atoms with Crippen molar-refractivity contribution in [3.63, 3.8) is 0 Å². The quantitative estimate of drug-likeness (QED) is 0.326. The van der Waals surface area contributed by atoms with Crippen LogP contribution in [0.1, 0.15) is 5.56 Å². The largest absolute Gasteiger partial charge is 0.458 e. The zero-order valence-electron chi connectivity index (χ0n) is 12.5. The Kier molecular flexibility index (Phi) is 6.65. The first-order valence-electron chi connectivity index (χ1n) is 6.76. The number of fused-ring (bicyclic) bond motifs is 1. The number of alkyl halides is 2. The number of hydrogen-bond acceptors (Lipinski definition) is 8. The molecule has 0 spiro atoms. The Morgan fingerprint density at radius 2 is 1.80 bits per heavy atom. The molecule has 25 heavy (non-hydrogen) atoms. The van der Waals surface area contributed by atoms with Crippen LogP contribution in [0.25, 0.3) is 10.8 Å². The number of carbonyl (C=O) groups excluding carboxylic acids is 2. The van der Waals surface area contributed by atoms with Gasteiger partial charge in [-0.05, 0) is 22.4 Å². The summed E-state index contributed by atoms with van der Waals surface area (Å²) in [5.74, 6) is -3.04. The van der Waals surface area contributed by atoms with Gasteiger partial charge in [0.2, 0.25) is 0 Å². The van der Waals surface area contributed by atoms with Crippen molar-refractivity contribution >= 4 is 34.8 Å². The average molecular weight is 374 g/mol. The topological polar surface area (TPSA) is 91.3 Å². The van der Waals surface area contributed by atoms with E-state index in [1.807, 2.05) is 36.4 Å². The SMILES string of the molecule is O=C(COC(=O)C(F)(F)SOOO)OCc1ccc2ccccc2c1. The average Bonchev–Trinajstić information content (AvgIpc) is 2.62. The predicted octanol–water partition coefficient (Wildman–Crippen LogP) is 3.09. The molecule has 2 aromatic rings. The molecular formula is C15H12F2O7S. The van der Waals surface area contributed by atoms with Crippen LogP contribution in [0, 0.1) is 0 Å². The minimum atomic E-state index is -4.17. The van der Waals surface area contributed by atoms with Crippen LogP contribution < -0.4 is 0 Å². The zero-order chi connectivity index (χ0) is 18.3. The zero-order valence-corrected chi connectivity index (χ0v) is 13.3. The standard InChI is InChI=1S/C15H12F2O7S/c16-15(17,25-24-23-20)14(19)22-9-13(18)21-8-10-5-6-11-3-1-2-4-12(11)7-10/h1-7,20H,8-9H2. The monoisotopic (exact) mass is 374 g/mol. The third-order valence-electron chi connectivity index (χ3n) is 2.94. The van der Waals surface area contributed by atoms with Gasteiger partial charge in [0.25, 0.3) is 0 Å². The van der Waals surface area contributed by atoms with Crippen molar-refractivity contribution in [3.8, 4) is 0 Å². The number of carbonyl (C=O) groups is 2. The molecule has 0 bridgehead atoms. The molecule has 2 aromatic carbocycles. The van der Waals surface area contributed by atoms with Gasteiger partial charge in [-0.3, -0.25) is 0 Å².